The van der Waals surface area contributed by atoms with E-state index < -0.39 is 9.39 Å². The van der Waals surface area contributed by atoms with E-state index in [-0.39, 0.29) is 12.8 Å². The van der Waals surface area contributed by atoms with Crippen molar-refractivity contribution >= 4 is 50.7 Å². The fraction of sp³-hybridized carbons (Fsp3) is 0.333. The highest BCUT2D eigenvalue weighted by Gasteiger charge is 2.38. The van der Waals surface area contributed by atoms with E-state index in [9.17, 15) is 5.11 Å². The van der Waals surface area contributed by atoms with E-state index in [1.165, 1.54) is 6.20 Å². The van der Waals surface area contributed by atoms with Gasteiger partial charge in [0.1, 0.15) is 0 Å². The van der Waals surface area contributed by atoms with Gasteiger partial charge >= 0.3 is 0 Å². The topological polar surface area (TPSA) is 61.8 Å². The molecule has 0 radical (unpaired) electrons. The van der Waals surface area contributed by atoms with Crippen molar-refractivity contribution in [2.24, 2.45) is 0 Å². The summed E-state index contributed by atoms with van der Waals surface area (Å²) in [4.78, 5) is 0. The van der Waals surface area contributed by atoms with E-state index in [1.54, 1.807) is 12.1 Å². The van der Waals surface area contributed by atoms with Gasteiger partial charge in [0.2, 0.25) is 0 Å². The fourth-order valence-corrected chi connectivity index (χ4v) is 2.90. The maximum atomic E-state index is 10.9. The molecule has 8 heteroatoms. The second-order valence-corrected chi connectivity index (χ2v) is 7.90. The summed E-state index contributed by atoms with van der Waals surface area (Å²) in [5.74, 6) is 0. The van der Waals surface area contributed by atoms with Crippen molar-refractivity contribution in [2.45, 2.75) is 22.2 Å². The van der Waals surface area contributed by atoms with Crippen molar-refractivity contribution < 1.29 is 5.11 Å². The molecule has 0 spiro atoms. The van der Waals surface area contributed by atoms with Gasteiger partial charge in [-0.05, 0) is 17.7 Å². The summed E-state index contributed by atoms with van der Waals surface area (Å²) in [6.07, 6.45) is 1.67. The summed E-state index contributed by atoms with van der Waals surface area (Å²) in [7, 11) is 0. The first-order valence-electron chi connectivity index (χ1n) is 5.68. The van der Waals surface area contributed by atoms with Crippen LogP contribution < -0.4 is 0 Å². The third-order valence-corrected chi connectivity index (χ3v) is 3.74. The molecule has 108 valence electrons. The Morgan fingerprint density at radius 2 is 1.85 bits per heavy atom. The molecule has 0 aliphatic carbocycles. The zero-order valence-corrected chi connectivity index (χ0v) is 14.0. The Hall–Kier alpha value is -0.330. The lowest BCUT2D eigenvalue weighted by atomic mass is 9.86. The molecular formula is C12H11BrCl3N3O. The number of halogens is 4. The van der Waals surface area contributed by atoms with Gasteiger partial charge in [-0.3, -0.25) is 0 Å². The highest BCUT2D eigenvalue weighted by molar-refractivity contribution is 9.10. The largest absolute Gasteiger partial charge is 0.385 e. The molecule has 0 fully saturated rings. The van der Waals surface area contributed by atoms with Crippen LogP contribution in [0, 0.1) is 0 Å². The molecule has 0 bridgehead atoms. The number of aromatic nitrogens is 3. The van der Waals surface area contributed by atoms with Gasteiger partial charge in [0.15, 0.2) is 3.79 Å². The first kappa shape index (κ1) is 16.0. The molecule has 0 amide bonds. The van der Waals surface area contributed by atoms with E-state index in [0.29, 0.717) is 11.3 Å². The van der Waals surface area contributed by atoms with E-state index in [4.69, 9.17) is 34.8 Å². The quantitative estimate of drug-likeness (QED) is 0.770. The molecule has 1 heterocycles. The summed E-state index contributed by atoms with van der Waals surface area (Å²) in [6, 6.07) is 7.20. The van der Waals surface area contributed by atoms with E-state index in [0.717, 1.165) is 4.47 Å². The van der Waals surface area contributed by atoms with Crippen LogP contribution in [-0.4, -0.2) is 24.3 Å². The van der Waals surface area contributed by atoms with Crippen LogP contribution in [-0.2, 0) is 12.0 Å². The van der Waals surface area contributed by atoms with Crippen LogP contribution in [0.15, 0.2) is 34.9 Å². The third-order valence-electron chi connectivity index (χ3n) is 2.81. The Balaban J connectivity index is 2.34. The highest BCUT2D eigenvalue weighted by atomic mass is 79.9. The molecule has 2 rings (SSSR count). The molecule has 0 aliphatic heterocycles. The Labute approximate surface area is 139 Å². The van der Waals surface area contributed by atoms with Gasteiger partial charge in [0.05, 0.1) is 17.5 Å². The number of rotatable bonds is 4. The van der Waals surface area contributed by atoms with Gasteiger partial charge < -0.3 is 5.11 Å². The Morgan fingerprint density at radius 3 is 2.35 bits per heavy atom. The lowest BCUT2D eigenvalue weighted by Gasteiger charge is -2.31. The van der Waals surface area contributed by atoms with Gasteiger partial charge in [-0.2, -0.15) is 15.4 Å². The lowest BCUT2D eigenvalue weighted by Crippen LogP contribution is -2.33. The number of benzene rings is 1. The van der Waals surface area contributed by atoms with E-state index >= 15 is 0 Å². The summed E-state index contributed by atoms with van der Waals surface area (Å²) in [6.45, 7) is 0. The maximum Gasteiger partial charge on any atom is 0.193 e. The molecule has 1 unspecified atom stereocenters. The maximum absolute atomic E-state index is 10.9. The number of hydrogen-bond acceptors (Lipinski definition) is 3. The number of aliphatic hydroxyl groups is 1. The fourth-order valence-electron chi connectivity index (χ4n) is 1.97. The number of nitrogens with one attached hydrogen (secondary N) is 1. The minimum atomic E-state index is -1.58. The van der Waals surface area contributed by atoms with Gasteiger partial charge in [-0.25, -0.2) is 0 Å². The van der Waals surface area contributed by atoms with Crippen molar-refractivity contribution in [1.29, 1.82) is 0 Å². The normalized spacial score (nSPS) is 15.1. The van der Waals surface area contributed by atoms with E-state index in [1.807, 2.05) is 12.1 Å². The highest BCUT2D eigenvalue weighted by Crippen LogP contribution is 2.41. The van der Waals surface area contributed by atoms with Crippen molar-refractivity contribution in [2.75, 3.05) is 0 Å². The monoisotopic (exact) mass is 397 g/mol. The Kier molecular flexibility index (Phi) is 4.97. The van der Waals surface area contributed by atoms with Crippen LogP contribution in [0.25, 0.3) is 0 Å². The summed E-state index contributed by atoms with van der Waals surface area (Å²) in [5, 5.41) is 21.1. The molecule has 4 nitrogen and oxygen atoms in total. The van der Waals surface area contributed by atoms with Crippen LogP contribution in [0.4, 0.5) is 0 Å². The van der Waals surface area contributed by atoms with Gasteiger partial charge in [0, 0.05) is 17.3 Å². The Bertz CT molecular complexity index is 556. The molecule has 0 saturated heterocycles. The number of hydrogen-bond donors (Lipinski definition) is 2. The molecule has 2 N–H and O–H groups in total. The Morgan fingerprint density at radius 1 is 1.20 bits per heavy atom. The van der Waals surface area contributed by atoms with Crippen molar-refractivity contribution in [3.63, 3.8) is 0 Å². The average molecular weight is 400 g/mol. The van der Waals surface area contributed by atoms with Gasteiger partial charge in [-0.1, -0.05) is 62.9 Å². The number of alkyl halides is 3. The van der Waals surface area contributed by atoms with Crippen molar-refractivity contribution in [3.05, 3.63) is 46.2 Å². The first-order valence-corrected chi connectivity index (χ1v) is 7.61. The lowest BCUT2D eigenvalue weighted by molar-refractivity contribution is 0.0279. The molecule has 0 aliphatic rings. The first-order chi connectivity index (χ1) is 9.28. The minimum absolute atomic E-state index is 0.0564. The third kappa shape index (κ3) is 4.33. The van der Waals surface area contributed by atoms with Crippen LogP contribution in [0.5, 0.6) is 0 Å². The number of aromatic amines is 1. The van der Waals surface area contributed by atoms with Crippen molar-refractivity contribution in [3.8, 4) is 0 Å². The number of H-pyrrole nitrogens is 1. The summed E-state index contributed by atoms with van der Waals surface area (Å²) in [5.41, 5.74) is -0.109. The standard InChI is InChI=1S/C12H11BrCl3N3O/c13-9-3-1-8(2-4-9)11(20,7-12(14,15)16)5-10-6-17-19-18-10/h1-4,6,20H,5,7H2,(H,17,18,19). The van der Waals surface area contributed by atoms with Gasteiger partial charge in [-0.15, -0.1) is 0 Å². The van der Waals surface area contributed by atoms with Gasteiger partial charge in [0.25, 0.3) is 0 Å². The smallest absolute Gasteiger partial charge is 0.193 e. The average Bonchev–Trinajstić information content (AvgIpc) is 2.79. The minimum Gasteiger partial charge on any atom is -0.385 e. The molecular weight excluding hydrogens is 388 g/mol. The second kappa shape index (κ2) is 6.20. The molecule has 1 aromatic heterocycles. The van der Waals surface area contributed by atoms with Crippen LogP contribution in [0.3, 0.4) is 0 Å². The molecule has 1 aromatic carbocycles. The zero-order chi connectivity index (χ0) is 14.8. The summed E-state index contributed by atoms with van der Waals surface area (Å²) >= 11 is 20.9. The molecule has 2 aromatic rings. The zero-order valence-electron chi connectivity index (χ0n) is 10.2. The molecule has 20 heavy (non-hydrogen) atoms. The van der Waals surface area contributed by atoms with Crippen LogP contribution in [0.2, 0.25) is 0 Å². The predicted molar refractivity (Wildman–Crippen MR) is 83.0 cm³/mol. The second-order valence-electron chi connectivity index (χ2n) is 4.47. The van der Waals surface area contributed by atoms with E-state index in [2.05, 4.69) is 31.3 Å². The molecule has 1 atom stereocenters. The number of nitrogens with zero attached hydrogens (tertiary/aromatic N) is 2. The summed E-state index contributed by atoms with van der Waals surface area (Å²) < 4.78 is -0.676. The predicted octanol–water partition coefficient (Wildman–Crippen LogP) is 3.76. The SMILES string of the molecule is OC(Cc1cn[nH]n1)(CC(Cl)(Cl)Cl)c1ccc(Br)cc1. The molecule has 0 saturated carbocycles. The van der Waals surface area contributed by atoms with Crippen LogP contribution in [0.1, 0.15) is 17.7 Å². The van der Waals surface area contributed by atoms with Crippen molar-refractivity contribution in [1.82, 2.24) is 15.4 Å². The van der Waals surface area contributed by atoms with Crippen LogP contribution >= 0.6 is 50.7 Å².